The number of benzene rings is 1. The van der Waals surface area contributed by atoms with Crippen molar-refractivity contribution in [2.24, 2.45) is 0 Å². The molecule has 0 aliphatic heterocycles. The van der Waals surface area contributed by atoms with Crippen LogP contribution in [0, 0.1) is 0 Å². The van der Waals surface area contributed by atoms with E-state index in [1.807, 2.05) is 32.9 Å². The van der Waals surface area contributed by atoms with Gasteiger partial charge in [-0.1, -0.05) is 38.5 Å². The normalized spacial score (nSPS) is 20.6. The molecule has 152 valence electrons. The SMILES string of the molecule is CC(C)(C)Oc1cc(C2CCCCC2)c(S(=O)(=O)[O-])c(C2CCCCC2)c1. The standard InChI is InChI=1S/C22H34O4S/c1-22(2,3)26-18-14-19(16-10-6-4-7-11-16)21(27(23,24)25)20(15-18)17-12-8-5-9-13-17/h14-17H,4-13H2,1-3H3,(H,23,24,25)/p-1. The Balaban J connectivity index is 2.16. The summed E-state index contributed by atoms with van der Waals surface area (Å²) >= 11 is 0. The molecule has 4 nitrogen and oxygen atoms in total. The lowest BCUT2D eigenvalue weighted by molar-refractivity contribution is 0.130. The molecule has 0 radical (unpaired) electrons. The molecular formula is C22H33O4S-. The van der Waals surface area contributed by atoms with Gasteiger partial charge in [-0.05, 0) is 81.5 Å². The van der Waals surface area contributed by atoms with Gasteiger partial charge >= 0.3 is 0 Å². The average Bonchev–Trinajstić information content (AvgIpc) is 2.60. The zero-order valence-electron chi connectivity index (χ0n) is 16.9. The van der Waals surface area contributed by atoms with Crippen LogP contribution in [0.25, 0.3) is 0 Å². The molecule has 0 heterocycles. The van der Waals surface area contributed by atoms with Crippen molar-refractivity contribution < 1.29 is 17.7 Å². The number of rotatable bonds is 4. The maximum Gasteiger partial charge on any atom is 0.125 e. The van der Waals surface area contributed by atoms with Crippen LogP contribution in [-0.4, -0.2) is 18.6 Å². The van der Waals surface area contributed by atoms with E-state index in [0.717, 1.165) is 51.4 Å². The Morgan fingerprint density at radius 3 is 1.59 bits per heavy atom. The smallest absolute Gasteiger partial charge is 0.125 e. The molecule has 0 unspecified atom stereocenters. The van der Waals surface area contributed by atoms with Crippen LogP contribution >= 0.6 is 0 Å². The van der Waals surface area contributed by atoms with E-state index >= 15 is 0 Å². The fourth-order valence-electron chi connectivity index (χ4n) is 4.78. The van der Waals surface area contributed by atoms with E-state index in [2.05, 4.69) is 0 Å². The zero-order valence-corrected chi connectivity index (χ0v) is 17.7. The first kappa shape index (κ1) is 20.7. The molecule has 1 aromatic carbocycles. The van der Waals surface area contributed by atoms with E-state index in [1.54, 1.807) is 0 Å². The second-order valence-corrected chi connectivity index (χ2v) is 10.6. The van der Waals surface area contributed by atoms with Crippen LogP contribution in [0.1, 0.15) is 108 Å². The topological polar surface area (TPSA) is 66.4 Å². The summed E-state index contributed by atoms with van der Waals surface area (Å²) in [5, 5.41) is 0. The van der Waals surface area contributed by atoms with Crippen LogP contribution in [0.15, 0.2) is 17.0 Å². The summed E-state index contributed by atoms with van der Waals surface area (Å²) in [6, 6.07) is 3.69. The highest BCUT2D eigenvalue weighted by atomic mass is 32.2. The van der Waals surface area contributed by atoms with Gasteiger partial charge < -0.3 is 9.29 Å². The van der Waals surface area contributed by atoms with Crippen LogP contribution < -0.4 is 4.74 Å². The van der Waals surface area contributed by atoms with Gasteiger partial charge in [-0.25, -0.2) is 8.42 Å². The lowest BCUT2D eigenvalue weighted by Crippen LogP contribution is -2.24. The van der Waals surface area contributed by atoms with Crippen molar-refractivity contribution in [3.05, 3.63) is 23.3 Å². The van der Waals surface area contributed by atoms with Crippen LogP contribution in [0.4, 0.5) is 0 Å². The molecule has 3 rings (SSSR count). The second kappa shape index (κ2) is 8.12. The van der Waals surface area contributed by atoms with E-state index < -0.39 is 10.1 Å². The van der Waals surface area contributed by atoms with Crippen molar-refractivity contribution in [2.75, 3.05) is 0 Å². The average molecular weight is 394 g/mol. The third-order valence-corrected chi connectivity index (χ3v) is 6.86. The van der Waals surface area contributed by atoms with Crippen molar-refractivity contribution >= 4 is 10.1 Å². The van der Waals surface area contributed by atoms with Gasteiger partial charge in [0.2, 0.25) is 0 Å². The van der Waals surface area contributed by atoms with E-state index in [-0.39, 0.29) is 22.3 Å². The monoisotopic (exact) mass is 393 g/mol. The Labute approximate surface area is 164 Å². The Hall–Kier alpha value is -1.07. The molecule has 2 aliphatic rings. The first-order chi connectivity index (χ1) is 12.6. The predicted octanol–water partition coefficient (Wildman–Crippen LogP) is 5.86. The Kier molecular flexibility index (Phi) is 6.21. The fourth-order valence-corrected chi connectivity index (χ4v) is 5.81. The van der Waals surface area contributed by atoms with Gasteiger partial charge in [0.1, 0.15) is 21.5 Å². The highest BCUT2D eigenvalue weighted by Crippen LogP contribution is 2.44. The molecular weight excluding hydrogens is 360 g/mol. The van der Waals surface area contributed by atoms with E-state index in [4.69, 9.17) is 4.74 Å². The lowest BCUT2D eigenvalue weighted by Gasteiger charge is -2.32. The van der Waals surface area contributed by atoms with Crippen molar-refractivity contribution in [3.8, 4) is 5.75 Å². The van der Waals surface area contributed by atoms with Gasteiger partial charge in [-0.3, -0.25) is 0 Å². The highest BCUT2D eigenvalue weighted by Gasteiger charge is 2.29. The maximum absolute atomic E-state index is 12.4. The summed E-state index contributed by atoms with van der Waals surface area (Å²) in [6.07, 6.45) is 10.5. The molecule has 0 N–H and O–H groups in total. The summed E-state index contributed by atoms with van der Waals surface area (Å²) in [5.41, 5.74) is 1.06. The van der Waals surface area contributed by atoms with Crippen molar-refractivity contribution in [2.45, 2.75) is 107 Å². The van der Waals surface area contributed by atoms with Crippen LogP contribution in [-0.2, 0) is 10.1 Å². The molecule has 2 saturated carbocycles. The van der Waals surface area contributed by atoms with E-state index in [1.165, 1.54) is 12.8 Å². The zero-order chi connectivity index (χ0) is 19.7. The summed E-state index contributed by atoms with van der Waals surface area (Å²) < 4.78 is 43.2. The minimum absolute atomic E-state index is 0.0718. The predicted molar refractivity (Wildman–Crippen MR) is 106 cm³/mol. The largest absolute Gasteiger partial charge is 0.744 e. The molecule has 0 spiro atoms. The van der Waals surface area contributed by atoms with E-state index in [9.17, 15) is 13.0 Å². The molecule has 0 amide bonds. The molecule has 0 atom stereocenters. The summed E-state index contributed by atoms with van der Waals surface area (Å²) in [4.78, 5) is 0.0718. The Bertz CT molecular complexity index is 710. The van der Waals surface area contributed by atoms with Gasteiger partial charge in [0.05, 0.1) is 4.90 Å². The van der Waals surface area contributed by atoms with Crippen molar-refractivity contribution in [1.82, 2.24) is 0 Å². The van der Waals surface area contributed by atoms with Crippen LogP contribution in [0.2, 0.25) is 0 Å². The fraction of sp³-hybridized carbons (Fsp3) is 0.727. The van der Waals surface area contributed by atoms with E-state index in [0.29, 0.717) is 16.9 Å². The lowest BCUT2D eigenvalue weighted by atomic mass is 9.79. The molecule has 0 aromatic heterocycles. The Morgan fingerprint density at radius 1 is 0.852 bits per heavy atom. The highest BCUT2D eigenvalue weighted by molar-refractivity contribution is 7.85. The summed E-state index contributed by atoms with van der Waals surface area (Å²) in [6.45, 7) is 5.98. The summed E-state index contributed by atoms with van der Waals surface area (Å²) in [5.74, 6) is 0.989. The second-order valence-electron chi connectivity index (χ2n) is 9.27. The van der Waals surface area contributed by atoms with Crippen molar-refractivity contribution in [3.63, 3.8) is 0 Å². The minimum atomic E-state index is -4.53. The molecule has 0 bridgehead atoms. The third kappa shape index (κ3) is 5.26. The first-order valence-electron chi connectivity index (χ1n) is 10.5. The van der Waals surface area contributed by atoms with Gasteiger partial charge in [-0.15, -0.1) is 0 Å². The van der Waals surface area contributed by atoms with Gasteiger partial charge in [0, 0.05) is 0 Å². The van der Waals surface area contributed by atoms with Gasteiger partial charge in [0.25, 0.3) is 0 Å². The molecule has 5 heteroatoms. The molecule has 1 aromatic rings. The minimum Gasteiger partial charge on any atom is -0.744 e. The Morgan fingerprint density at radius 2 is 1.26 bits per heavy atom. The first-order valence-corrected chi connectivity index (χ1v) is 11.9. The molecule has 0 saturated heterocycles. The summed E-state index contributed by atoms with van der Waals surface area (Å²) in [7, 11) is -4.53. The van der Waals surface area contributed by atoms with Gasteiger partial charge in [0.15, 0.2) is 0 Å². The van der Waals surface area contributed by atoms with Gasteiger partial charge in [-0.2, -0.15) is 0 Å². The quantitative estimate of drug-likeness (QED) is 0.601. The molecule has 27 heavy (non-hydrogen) atoms. The number of hydrogen-bond acceptors (Lipinski definition) is 4. The molecule has 2 aliphatic carbocycles. The number of ether oxygens (including phenoxy) is 1. The molecule has 2 fully saturated rings. The number of hydrogen-bond donors (Lipinski definition) is 0. The third-order valence-electron chi connectivity index (χ3n) is 5.88. The van der Waals surface area contributed by atoms with Crippen LogP contribution in [0.5, 0.6) is 5.75 Å². The van der Waals surface area contributed by atoms with Crippen molar-refractivity contribution in [1.29, 1.82) is 0 Å². The van der Waals surface area contributed by atoms with Crippen LogP contribution in [0.3, 0.4) is 0 Å². The maximum atomic E-state index is 12.4.